The minimum absolute atomic E-state index is 0.114. The largest absolute Gasteiger partial charge is 0.356 e. The number of benzene rings is 2. The van der Waals surface area contributed by atoms with Crippen molar-refractivity contribution in [3.8, 4) is 0 Å². The van der Waals surface area contributed by atoms with Crippen LogP contribution in [0.5, 0.6) is 0 Å². The maximum Gasteiger partial charge on any atom is 0.255 e. The van der Waals surface area contributed by atoms with Crippen LogP contribution in [-0.4, -0.2) is 36.3 Å². The molecule has 1 saturated heterocycles. The Morgan fingerprint density at radius 2 is 1.93 bits per heavy atom. The molecule has 2 aromatic carbocycles. The first kappa shape index (κ1) is 20.3. The number of carbonyl (C=O) groups is 2. The summed E-state index contributed by atoms with van der Waals surface area (Å²) in [4.78, 5) is 27.4. The number of nitrogens with one attached hydrogen (secondary N) is 1. The van der Waals surface area contributed by atoms with Crippen molar-refractivity contribution in [3.05, 3.63) is 70.5 Å². The van der Waals surface area contributed by atoms with Crippen LogP contribution < -0.4 is 5.32 Å². The molecule has 1 N–H and O–H groups in total. The van der Waals surface area contributed by atoms with E-state index in [-0.39, 0.29) is 30.1 Å². The molecular formula is C22H24ClFN2O2. The lowest BCUT2D eigenvalue weighted by atomic mass is 9.88. The Morgan fingerprint density at radius 1 is 1.18 bits per heavy atom. The molecule has 1 aliphatic rings. The third-order valence-corrected chi connectivity index (χ3v) is 5.34. The molecule has 0 saturated carbocycles. The molecule has 1 fully saturated rings. The first-order valence-electron chi connectivity index (χ1n) is 9.43. The second-order valence-corrected chi connectivity index (χ2v) is 8.00. The summed E-state index contributed by atoms with van der Waals surface area (Å²) in [5.41, 5.74) is 1.13. The van der Waals surface area contributed by atoms with Crippen molar-refractivity contribution < 1.29 is 14.0 Å². The molecule has 0 bridgehead atoms. The minimum Gasteiger partial charge on any atom is -0.356 e. The number of carbonyl (C=O) groups excluding carboxylic acids is 2. The molecule has 3 rings (SSSR count). The Hall–Kier alpha value is -2.40. The van der Waals surface area contributed by atoms with Gasteiger partial charge in [0.1, 0.15) is 5.82 Å². The van der Waals surface area contributed by atoms with Gasteiger partial charge in [0.25, 0.3) is 5.91 Å². The fraction of sp³-hybridized carbons (Fsp3) is 0.364. The molecule has 2 atom stereocenters. The van der Waals surface area contributed by atoms with E-state index in [1.165, 1.54) is 12.1 Å². The second-order valence-electron chi connectivity index (χ2n) is 7.60. The van der Waals surface area contributed by atoms with Gasteiger partial charge in [-0.3, -0.25) is 9.59 Å². The SMILES string of the molecule is CC(C)CNC(=O)C1CN(C(=O)c2ccccc2Cl)CC1c1cccc(F)c1. The van der Waals surface area contributed by atoms with E-state index in [0.29, 0.717) is 29.6 Å². The van der Waals surface area contributed by atoms with Crippen molar-refractivity contribution in [2.45, 2.75) is 19.8 Å². The van der Waals surface area contributed by atoms with Crippen LogP contribution in [0.4, 0.5) is 4.39 Å². The van der Waals surface area contributed by atoms with E-state index in [0.717, 1.165) is 5.56 Å². The quantitative estimate of drug-likeness (QED) is 0.818. The molecule has 0 radical (unpaired) electrons. The minimum atomic E-state index is -0.438. The molecule has 0 spiro atoms. The summed E-state index contributed by atoms with van der Waals surface area (Å²) >= 11 is 6.18. The normalized spacial score (nSPS) is 19.1. The highest BCUT2D eigenvalue weighted by molar-refractivity contribution is 6.33. The Balaban J connectivity index is 1.86. The van der Waals surface area contributed by atoms with Crippen LogP contribution >= 0.6 is 11.6 Å². The van der Waals surface area contributed by atoms with Gasteiger partial charge < -0.3 is 10.2 Å². The molecule has 2 unspecified atom stereocenters. The van der Waals surface area contributed by atoms with Crippen LogP contribution in [0.15, 0.2) is 48.5 Å². The summed E-state index contributed by atoms with van der Waals surface area (Å²) in [6, 6.07) is 13.1. The maximum atomic E-state index is 13.8. The van der Waals surface area contributed by atoms with Crippen molar-refractivity contribution in [3.63, 3.8) is 0 Å². The predicted octanol–water partition coefficient (Wildman–Crippen LogP) is 4.11. The van der Waals surface area contributed by atoms with E-state index in [1.54, 1.807) is 41.3 Å². The first-order chi connectivity index (χ1) is 13.4. The molecule has 2 amide bonds. The maximum absolute atomic E-state index is 13.8. The monoisotopic (exact) mass is 402 g/mol. The van der Waals surface area contributed by atoms with E-state index in [4.69, 9.17) is 11.6 Å². The van der Waals surface area contributed by atoms with E-state index >= 15 is 0 Å². The van der Waals surface area contributed by atoms with Crippen LogP contribution in [0.3, 0.4) is 0 Å². The van der Waals surface area contributed by atoms with Crippen LogP contribution in [-0.2, 0) is 4.79 Å². The van der Waals surface area contributed by atoms with Crippen molar-refractivity contribution >= 4 is 23.4 Å². The highest BCUT2D eigenvalue weighted by atomic mass is 35.5. The van der Waals surface area contributed by atoms with E-state index in [9.17, 15) is 14.0 Å². The fourth-order valence-corrected chi connectivity index (χ4v) is 3.77. The number of hydrogen-bond acceptors (Lipinski definition) is 2. The van der Waals surface area contributed by atoms with Crippen molar-refractivity contribution in [1.82, 2.24) is 10.2 Å². The van der Waals surface area contributed by atoms with Gasteiger partial charge in [0, 0.05) is 25.6 Å². The average molecular weight is 403 g/mol. The lowest BCUT2D eigenvalue weighted by Gasteiger charge is -2.19. The van der Waals surface area contributed by atoms with Gasteiger partial charge in [-0.05, 0) is 35.7 Å². The van der Waals surface area contributed by atoms with Gasteiger partial charge in [0.15, 0.2) is 0 Å². The number of likely N-dealkylation sites (tertiary alicyclic amines) is 1. The number of nitrogens with zero attached hydrogens (tertiary/aromatic N) is 1. The van der Waals surface area contributed by atoms with Gasteiger partial charge in [-0.1, -0.05) is 49.7 Å². The van der Waals surface area contributed by atoms with Crippen LogP contribution in [0.1, 0.15) is 35.7 Å². The summed E-state index contributed by atoms with van der Waals surface area (Å²) in [5.74, 6) is -1.07. The smallest absolute Gasteiger partial charge is 0.255 e. The van der Waals surface area contributed by atoms with Gasteiger partial charge >= 0.3 is 0 Å². The molecular weight excluding hydrogens is 379 g/mol. The van der Waals surface area contributed by atoms with Gasteiger partial charge in [-0.15, -0.1) is 0 Å². The van der Waals surface area contributed by atoms with Crippen molar-refractivity contribution in [2.24, 2.45) is 11.8 Å². The summed E-state index contributed by atoms with van der Waals surface area (Å²) < 4.78 is 13.8. The zero-order chi connectivity index (χ0) is 20.3. The fourth-order valence-electron chi connectivity index (χ4n) is 3.55. The standard InChI is InChI=1S/C22H24ClFN2O2/c1-14(2)11-25-21(27)19-13-26(22(28)17-8-3-4-9-20(17)23)12-18(19)15-6-5-7-16(24)10-15/h3-10,14,18-19H,11-13H2,1-2H3,(H,25,27). The highest BCUT2D eigenvalue weighted by Crippen LogP contribution is 2.34. The molecule has 2 aromatic rings. The number of rotatable bonds is 5. The summed E-state index contributed by atoms with van der Waals surface area (Å²) in [6.07, 6.45) is 0. The number of halogens is 2. The lowest BCUT2D eigenvalue weighted by molar-refractivity contribution is -0.125. The summed E-state index contributed by atoms with van der Waals surface area (Å²) in [6.45, 7) is 5.21. The molecule has 6 heteroatoms. The van der Waals surface area contributed by atoms with Gasteiger partial charge in [-0.25, -0.2) is 4.39 Å². The van der Waals surface area contributed by atoms with Crippen LogP contribution in [0, 0.1) is 17.7 Å². The summed E-state index contributed by atoms with van der Waals surface area (Å²) in [7, 11) is 0. The van der Waals surface area contributed by atoms with Crippen LogP contribution in [0.2, 0.25) is 5.02 Å². The van der Waals surface area contributed by atoms with Crippen LogP contribution in [0.25, 0.3) is 0 Å². The second kappa shape index (κ2) is 8.74. The van der Waals surface area contributed by atoms with E-state index in [2.05, 4.69) is 5.32 Å². The molecule has 0 aromatic heterocycles. The van der Waals surface area contributed by atoms with Crippen molar-refractivity contribution in [2.75, 3.05) is 19.6 Å². The Kier molecular flexibility index (Phi) is 6.35. The Bertz CT molecular complexity index is 871. The number of amides is 2. The molecule has 28 heavy (non-hydrogen) atoms. The third kappa shape index (κ3) is 4.53. The molecule has 148 valence electrons. The highest BCUT2D eigenvalue weighted by Gasteiger charge is 2.40. The van der Waals surface area contributed by atoms with Gasteiger partial charge in [0.05, 0.1) is 16.5 Å². The van der Waals surface area contributed by atoms with E-state index in [1.807, 2.05) is 13.8 Å². The molecule has 1 aliphatic heterocycles. The van der Waals surface area contributed by atoms with Gasteiger partial charge in [-0.2, -0.15) is 0 Å². The van der Waals surface area contributed by atoms with E-state index < -0.39 is 5.92 Å². The topological polar surface area (TPSA) is 49.4 Å². The van der Waals surface area contributed by atoms with Crippen molar-refractivity contribution in [1.29, 1.82) is 0 Å². The molecule has 1 heterocycles. The zero-order valence-corrected chi connectivity index (χ0v) is 16.7. The van der Waals surface area contributed by atoms with Gasteiger partial charge in [0.2, 0.25) is 5.91 Å². The Morgan fingerprint density at radius 3 is 2.61 bits per heavy atom. The predicted molar refractivity (Wildman–Crippen MR) is 108 cm³/mol. The average Bonchev–Trinajstić information content (AvgIpc) is 3.11. The lowest BCUT2D eigenvalue weighted by Crippen LogP contribution is -2.37. The number of hydrogen-bond donors (Lipinski definition) is 1. The molecule has 4 nitrogen and oxygen atoms in total. The first-order valence-corrected chi connectivity index (χ1v) is 9.81. The zero-order valence-electron chi connectivity index (χ0n) is 16.0. The molecule has 0 aliphatic carbocycles. The Labute approximate surface area is 169 Å². The summed E-state index contributed by atoms with van der Waals surface area (Å²) in [5, 5.41) is 3.33. The third-order valence-electron chi connectivity index (χ3n) is 5.01.